The van der Waals surface area contributed by atoms with Crippen LogP contribution in [0.4, 0.5) is 11.4 Å². The lowest BCUT2D eigenvalue weighted by atomic mass is 9.80. The molecule has 0 saturated carbocycles. The number of pyridine rings is 1. The van der Waals surface area contributed by atoms with Gasteiger partial charge in [0.25, 0.3) is 0 Å². The zero-order valence-corrected chi connectivity index (χ0v) is 21.7. The molecule has 1 atom stereocenters. The summed E-state index contributed by atoms with van der Waals surface area (Å²) >= 11 is 0. The van der Waals surface area contributed by atoms with Crippen molar-refractivity contribution in [2.24, 2.45) is 0 Å². The summed E-state index contributed by atoms with van der Waals surface area (Å²) in [5.74, 6) is -0.333. The smallest absolute Gasteiger partial charge is 0.341 e. The standard InChI is InChI=1S/C30H37N3O2/c1-6-8-19-33(20-9-7-2)25-16-17-27(22(3)21-25)30(23-12-14-24(15-13-23)32(4)5)28-26(29(34)35-30)11-10-18-31-28/h10-18,21H,6-9,19-20H2,1-5H3. The number of aromatic nitrogens is 1. The second-order valence-electron chi connectivity index (χ2n) is 9.60. The Kier molecular flexibility index (Phi) is 7.44. The molecule has 35 heavy (non-hydrogen) atoms. The average Bonchev–Trinajstić information content (AvgIpc) is 3.17. The van der Waals surface area contributed by atoms with E-state index in [9.17, 15) is 4.79 Å². The van der Waals surface area contributed by atoms with Crippen LogP contribution in [0.1, 0.15) is 72.3 Å². The van der Waals surface area contributed by atoms with Crippen molar-refractivity contribution in [2.45, 2.75) is 52.1 Å². The third-order valence-electron chi connectivity index (χ3n) is 6.91. The molecule has 1 unspecified atom stereocenters. The zero-order valence-electron chi connectivity index (χ0n) is 21.7. The Balaban J connectivity index is 1.84. The Morgan fingerprint density at radius 1 is 0.914 bits per heavy atom. The first-order chi connectivity index (χ1) is 16.9. The highest BCUT2D eigenvalue weighted by Crippen LogP contribution is 2.47. The molecule has 4 rings (SSSR count). The van der Waals surface area contributed by atoms with Gasteiger partial charge in [-0.25, -0.2) is 4.79 Å². The van der Waals surface area contributed by atoms with E-state index in [1.165, 1.54) is 31.4 Å². The van der Waals surface area contributed by atoms with Crippen LogP contribution in [0, 0.1) is 6.92 Å². The molecule has 0 fully saturated rings. The highest BCUT2D eigenvalue weighted by molar-refractivity contribution is 5.95. The predicted octanol–water partition coefficient (Wildman–Crippen LogP) is 6.32. The van der Waals surface area contributed by atoms with E-state index >= 15 is 0 Å². The average molecular weight is 472 g/mol. The van der Waals surface area contributed by atoms with Crippen molar-refractivity contribution in [1.29, 1.82) is 0 Å². The lowest BCUT2D eigenvalue weighted by Gasteiger charge is -2.32. The first-order valence-electron chi connectivity index (χ1n) is 12.7. The van der Waals surface area contributed by atoms with Gasteiger partial charge in [0, 0.05) is 55.9 Å². The van der Waals surface area contributed by atoms with E-state index in [1.54, 1.807) is 12.3 Å². The van der Waals surface area contributed by atoms with Crippen molar-refractivity contribution in [1.82, 2.24) is 4.98 Å². The number of esters is 1. The molecule has 1 aliphatic rings. The number of carbonyl (C=O) groups excluding carboxylic acids is 1. The van der Waals surface area contributed by atoms with Crippen LogP contribution < -0.4 is 9.80 Å². The molecule has 2 aromatic carbocycles. The Labute approximate surface area is 209 Å². The summed E-state index contributed by atoms with van der Waals surface area (Å²) in [6, 6.07) is 18.4. The maximum absolute atomic E-state index is 13.0. The topological polar surface area (TPSA) is 45.7 Å². The lowest BCUT2D eigenvalue weighted by Crippen LogP contribution is -2.32. The van der Waals surface area contributed by atoms with Crippen molar-refractivity contribution in [3.63, 3.8) is 0 Å². The van der Waals surface area contributed by atoms with Crippen molar-refractivity contribution in [2.75, 3.05) is 37.0 Å². The summed E-state index contributed by atoms with van der Waals surface area (Å²) in [7, 11) is 4.03. The number of unbranched alkanes of at least 4 members (excludes halogenated alkanes) is 2. The van der Waals surface area contributed by atoms with E-state index in [1.807, 2.05) is 20.2 Å². The minimum absolute atomic E-state index is 0.333. The largest absolute Gasteiger partial charge is 0.439 e. The third kappa shape index (κ3) is 4.64. The molecule has 1 aliphatic heterocycles. The quantitative estimate of drug-likeness (QED) is 0.324. The van der Waals surface area contributed by atoms with E-state index in [-0.39, 0.29) is 5.97 Å². The van der Waals surface area contributed by atoms with Gasteiger partial charge in [-0.2, -0.15) is 0 Å². The molecular weight excluding hydrogens is 434 g/mol. The molecule has 0 bridgehead atoms. The monoisotopic (exact) mass is 471 g/mol. The van der Waals surface area contributed by atoms with E-state index in [4.69, 9.17) is 4.74 Å². The van der Waals surface area contributed by atoms with Crippen LogP contribution in [-0.2, 0) is 10.3 Å². The highest BCUT2D eigenvalue weighted by Gasteiger charge is 2.50. The van der Waals surface area contributed by atoms with Crippen LogP contribution in [0.15, 0.2) is 60.8 Å². The van der Waals surface area contributed by atoms with Gasteiger partial charge in [0.1, 0.15) is 5.69 Å². The third-order valence-corrected chi connectivity index (χ3v) is 6.91. The normalized spacial score (nSPS) is 16.7. The fraction of sp³-hybridized carbons (Fsp3) is 0.400. The van der Waals surface area contributed by atoms with Crippen molar-refractivity contribution < 1.29 is 9.53 Å². The van der Waals surface area contributed by atoms with Crippen LogP contribution in [0.5, 0.6) is 0 Å². The van der Waals surface area contributed by atoms with E-state index in [0.29, 0.717) is 11.3 Å². The Morgan fingerprint density at radius 2 is 1.57 bits per heavy atom. The second-order valence-corrected chi connectivity index (χ2v) is 9.60. The van der Waals surface area contributed by atoms with Gasteiger partial charge in [0.05, 0.1) is 5.56 Å². The number of cyclic esters (lactones) is 1. The molecule has 0 radical (unpaired) electrons. The number of fused-ring (bicyclic) bond motifs is 1. The van der Waals surface area contributed by atoms with Crippen LogP contribution in [0.25, 0.3) is 0 Å². The van der Waals surface area contributed by atoms with Crippen molar-refractivity contribution in [3.05, 3.63) is 88.7 Å². The van der Waals surface area contributed by atoms with Gasteiger partial charge in [0.15, 0.2) is 0 Å². The molecule has 0 aliphatic carbocycles. The number of rotatable bonds is 10. The first-order valence-corrected chi connectivity index (χ1v) is 12.7. The number of carbonyl (C=O) groups is 1. The molecule has 0 spiro atoms. The maximum Gasteiger partial charge on any atom is 0.341 e. The SMILES string of the molecule is CCCCN(CCCC)c1ccc(C2(c3ccc(N(C)C)cc3)OC(=O)c3cccnc32)c(C)c1. The number of hydrogen-bond donors (Lipinski definition) is 0. The van der Waals surface area contributed by atoms with Crippen LogP contribution in [-0.4, -0.2) is 38.1 Å². The van der Waals surface area contributed by atoms with Crippen LogP contribution in [0.3, 0.4) is 0 Å². The number of ether oxygens (including phenoxy) is 1. The second kappa shape index (κ2) is 10.5. The minimum atomic E-state index is -1.07. The molecule has 1 aromatic heterocycles. The van der Waals surface area contributed by atoms with Gasteiger partial charge in [-0.3, -0.25) is 4.98 Å². The molecule has 3 aromatic rings. The Bertz CT molecular complexity index is 1160. The molecule has 2 heterocycles. The van der Waals surface area contributed by atoms with Crippen molar-refractivity contribution in [3.8, 4) is 0 Å². The Morgan fingerprint density at radius 3 is 2.17 bits per heavy atom. The van der Waals surface area contributed by atoms with Gasteiger partial charge in [0.2, 0.25) is 5.60 Å². The number of nitrogens with zero attached hydrogens (tertiary/aromatic N) is 3. The summed E-state index contributed by atoms with van der Waals surface area (Å²) in [5, 5.41) is 0. The molecule has 5 nitrogen and oxygen atoms in total. The van der Waals surface area contributed by atoms with Gasteiger partial charge >= 0.3 is 5.97 Å². The van der Waals surface area contributed by atoms with E-state index in [2.05, 4.69) is 78.0 Å². The van der Waals surface area contributed by atoms with E-state index < -0.39 is 5.60 Å². The fourth-order valence-electron chi connectivity index (χ4n) is 4.93. The Hall–Kier alpha value is -3.34. The van der Waals surface area contributed by atoms with Crippen LogP contribution >= 0.6 is 0 Å². The molecular formula is C30H37N3O2. The lowest BCUT2D eigenvalue weighted by molar-refractivity contribution is 0.0241. The maximum atomic E-state index is 13.0. The molecule has 0 N–H and O–H groups in total. The fourth-order valence-corrected chi connectivity index (χ4v) is 4.93. The summed E-state index contributed by atoms with van der Waals surface area (Å²) in [6.45, 7) is 8.67. The number of anilines is 2. The molecule has 0 saturated heterocycles. The highest BCUT2D eigenvalue weighted by atomic mass is 16.6. The molecule has 0 amide bonds. The first kappa shape index (κ1) is 24.8. The summed E-state index contributed by atoms with van der Waals surface area (Å²) < 4.78 is 6.27. The summed E-state index contributed by atoms with van der Waals surface area (Å²) in [4.78, 5) is 22.3. The van der Waals surface area contributed by atoms with Crippen LogP contribution in [0.2, 0.25) is 0 Å². The van der Waals surface area contributed by atoms with Gasteiger partial charge < -0.3 is 14.5 Å². The number of benzene rings is 2. The predicted molar refractivity (Wildman–Crippen MR) is 144 cm³/mol. The number of hydrogen-bond acceptors (Lipinski definition) is 5. The van der Waals surface area contributed by atoms with Gasteiger partial charge in [-0.15, -0.1) is 0 Å². The van der Waals surface area contributed by atoms with Gasteiger partial charge in [-0.1, -0.05) is 44.9 Å². The number of aryl methyl sites for hydroxylation is 1. The van der Waals surface area contributed by atoms with E-state index in [0.717, 1.165) is 35.5 Å². The van der Waals surface area contributed by atoms with Crippen molar-refractivity contribution >= 4 is 17.3 Å². The van der Waals surface area contributed by atoms with Gasteiger partial charge in [-0.05, 0) is 61.7 Å². The minimum Gasteiger partial charge on any atom is -0.439 e. The summed E-state index contributed by atoms with van der Waals surface area (Å²) in [5.41, 5.74) is 5.37. The zero-order chi connectivity index (χ0) is 25.0. The summed E-state index contributed by atoms with van der Waals surface area (Å²) in [6.07, 6.45) is 6.42. The molecule has 5 heteroatoms. The molecule has 184 valence electrons.